The second-order valence-corrected chi connectivity index (χ2v) is 11.8. The summed E-state index contributed by atoms with van der Waals surface area (Å²) in [7, 11) is -4.75. The van der Waals surface area contributed by atoms with Gasteiger partial charge in [0, 0.05) is 33.5 Å². The summed E-state index contributed by atoms with van der Waals surface area (Å²) in [5.74, 6) is -9.67. The average Bonchev–Trinajstić information content (AvgIpc) is 2.97. The third-order valence-electron chi connectivity index (χ3n) is 5.84. The van der Waals surface area contributed by atoms with Gasteiger partial charge in [0.1, 0.15) is 19.8 Å². The third kappa shape index (κ3) is 26.2. The number of aliphatic carboxylic acids is 5. The van der Waals surface area contributed by atoms with Crippen LogP contribution in [-0.4, -0.2) is 197 Å². The molecule has 0 radical (unpaired) electrons. The summed E-state index contributed by atoms with van der Waals surface area (Å²) >= 11 is 0. The average molecular weight is 764 g/mol. The molecular formula is C26H42N3O21P. The second-order valence-electron chi connectivity index (χ2n) is 10.3. The van der Waals surface area contributed by atoms with Crippen LogP contribution in [0.5, 0.6) is 0 Å². The molecule has 0 saturated heterocycles. The molecule has 0 fully saturated rings. The lowest BCUT2D eigenvalue weighted by Crippen LogP contribution is -2.52. The van der Waals surface area contributed by atoms with Crippen molar-refractivity contribution in [1.29, 1.82) is 0 Å². The number of carbonyl (C=O) groups is 8. The van der Waals surface area contributed by atoms with Crippen molar-refractivity contribution in [1.82, 2.24) is 14.7 Å². The van der Waals surface area contributed by atoms with Crippen molar-refractivity contribution < 1.29 is 101 Å². The highest BCUT2D eigenvalue weighted by atomic mass is 31.2. The molecule has 292 valence electrons. The van der Waals surface area contributed by atoms with E-state index < -0.39 is 147 Å². The Morgan fingerprint density at radius 3 is 1.63 bits per heavy atom. The first-order valence-corrected chi connectivity index (χ1v) is 16.1. The maximum absolute atomic E-state index is 12.4. The van der Waals surface area contributed by atoms with Gasteiger partial charge < -0.3 is 49.4 Å². The van der Waals surface area contributed by atoms with Gasteiger partial charge in [-0.1, -0.05) is 0 Å². The van der Waals surface area contributed by atoms with Crippen LogP contribution in [0.4, 0.5) is 0 Å². The summed E-state index contributed by atoms with van der Waals surface area (Å²) in [5, 5.41) is 46.1. The van der Waals surface area contributed by atoms with Crippen LogP contribution in [0.3, 0.4) is 0 Å². The summed E-state index contributed by atoms with van der Waals surface area (Å²) in [5.41, 5.74) is 0. The van der Waals surface area contributed by atoms with Gasteiger partial charge in [-0.2, -0.15) is 0 Å². The summed E-state index contributed by atoms with van der Waals surface area (Å²) in [4.78, 5) is 104. The van der Waals surface area contributed by atoms with E-state index in [2.05, 4.69) is 9.26 Å². The summed E-state index contributed by atoms with van der Waals surface area (Å²) in [6, 6.07) is -1.27. The Morgan fingerprint density at radius 1 is 0.627 bits per heavy atom. The van der Waals surface area contributed by atoms with E-state index in [0.29, 0.717) is 0 Å². The van der Waals surface area contributed by atoms with Gasteiger partial charge in [-0.25, -0.2) is 9.36 Å². The first-order chi connectivity index (χ1) is 23.7. The molecular weight excluding hydrogens is 721 g/mol. The molecule has 0 heterocycles. The standard InChI is InChI=1S/C26H42N3O21P/c1-17(30)46-14-20(50-18(2)31)15-49-51(43,44)48-6-5-45-16-26(42)47-13-19(29(11-24(38)39)12-25(40)41)7-27(8-21(32)33)3-4-28(9-22(34)35)10-23(36)37/h19-20H,3-16H2,1-2H3,(H,32,33)(H,34,35)(H,36,37)(H,38,39)(H,40,41)(H,43,44)/t19-,20-/m1/s1. The van der Waals surface area contributed by atoms with Crippen LogP contribution in [-0.2, 0) is 70.9 Å². The number of phosphoric ester groups is 1. The Morgan fingerprint density at radius 2 is 1.14 bits per heavy atom. The van der Waals surface area contributed by atoms with Crippen molar-refractivity contribution in [3.8, 4) is 0 Å². The predicted molar refractivity (Wildman–Crippen MR) is 162 cm³/mol. The van der Waals surface area contributed by atoms with Crippen molar-refractivity contribution in [2.45, 2.75) is 26.0 Å². The second kappa shape index (κ2) is 24.8. The molecule has 0 aliphatic heterocycles. The van der Waals surface area contributed by atoms with Crippen molar-refractivity contribution in [2.24, 2.45) is 0 Å². The summed E-state index contributed by atoms with van der Waals surface area (Å²) in [6.07, 6.45) is -1.23. The van der Waals surface area contributed by atoms with Crippen molar-refractivity contribution >= 4 is 55.6 Å². The van der Waals surface area contributed by atoms with Crippen LogP contribution in [0, 0.1) is 0 Å². The van der Waals surface area contributed by atoms with E-state index in [4.69, 9.17) is 28.9 Å². The first-order valence-electron chi connectivity index (χ1n) is 14.6. The molecule has 0 spiro atoms. The van der Waals surface area contributed by atoms with Crippen LogP contribution in [0.2, 0.25) is 0 Å². The van der Waals surface area contributed by atoms with E-state index in [1.165, 1.54) is 0 Å². The molecule has 0 rings (SSSR count). The maximum Gasteiger partial charge on any atom is 0.472 e. The zero-order valence-corrected chi connectivity index (χ0v) is 28.5. The molecule has 6 N–H and O–H groups in total. The number of nitrogens with zero attached hydrogens (tertiary/aromatic N) is 3. The van der Waals surface area contributed by atoms with Crippen molar-refractivity contribution in [3.05, 3.63) is 0 Å². The van der Waals surface area contributed by atoms with Gasteiger partial charge in [-0.15, -0.1) is 0 Å². The molecule has 0 aliphatic carbocycles. The van der Waals surface area contributed by atoms with Crippen LogP contribution < -0.4 is 0 Å². The van der Waals surface area contributed by atoms with E-state index in [1.807, 2.05) is 0 Å². The fourth-order valence-corrected chi connectivity index (χ4v) is 4.65. The third-order valence-corrected chi connectivity index (χ3v) is 6.82. The van der Waals surface area contributed by atoms with Gasteiger partial charge in [0.15, 0.2) is 6.10 Å². The van der Waals surface area contributed by atoms with Crippen LogP contribution in [0.25, 0.3) is 0 Å². The molecule has 1 unspecified atom stereocenters. The molecule has 0 aliphatic rings. The van der Waals surface area contributed by atoms with Crippen LogP contribution >= 0.6 is 7.82 Å². The van der Waals surface area contributed by atoms with Crippen LogP contribution in [0.15, 0.2) is 0 Å². The Hall–Kier alpha value is -4.29. The van der Waals surface area contributed by atoms with Gasteiger partial charge >= 0.3 is 55.6 Å². The number of ether oxygens (including phenoxy) is 4. The lowest BCUT2D eigenvalue weighted by Gasteiger charge is -2.33. The Kier molecular flexibility index (Phi) is 22.7. The minimum Gasteiger partial charge on any atom is -0.480 e. The van der Waals surface area contributed by atoms with E-state index in [-0.39, 0.29) is 13.1 Å². The maximum atomic E-state index is 12.4. The Bertz CT molecular complexity index is 1220. The van der Waals surface area contributed by atoms with E-state index >= 15 is 0 Å². The van der Waals surface area contributed by atoms with Crippen LogP contribution in [0.1, 0.15) is 13.8 Å². The molecule has 0 aromatic heterocycles. The highest BCUT2D eigenvalue weighted by molar-refractivity contribution is 7.47. The number of carboxylic acids is 5. The minimum absolute atomic E-state index is 0.274. The molecule has 0 saturated carbocycles. The van der Waals surface area contributed by atoms with E-state index in [9.17, 15) is 63.1 Å². The normalized spacial score (nSPS) is 13.6. The number of carboxylic acid groups (broad SMARTS) is 5. The molecule has 51 heavy (non-hydrogen) atoms. The zero-order chi connectivity index (χ0) is 39.1. The minimum atomic E-state index is -4.75. The number of hydrogen-bond donors (Lipinski definition) is 6. The highest BCUT2D eigenvalue weighted by Crippen LogP contribution is 2.43. The number of esters is 3. The van der Waals surface area contributed by atoms with Crippen molar-refractivity contribution in [3.63, 3.8) is 0 Å². The van der Waals surface area contributed by atoms with E-state index in [0.717, 1.165) is 28.5 Å². The SMILES string of the molecule is CC(=O)OC[C@H](COP(=O)(O)OCCOCC(=O)OC[C@@H](CN(CCN(CC(=O)O)CC(=O)O)CC(=O)O)N(CC(=O)O)CC(=O)O)OC(C)=O. The number of hydrogen-bond acceptors (Lipinski definition) is 18. The van der Waals surface area contributed by atoms with Gasteiger partial charge in [0.05, 0.1) is 58.6 Å². The Balaban J connectivity index is 5.37. The summed E-state index contributed by atoms with van der Waals surface area (Å²) in [6.45, 7) is -6.52. The quantitative estimate of drug-likeness (QED) is 0.0182. The van der Waals surface area contributed by atoms with Gasteiger partial charge in [0.2, 0.25) is 0 Å². The Labute approximate surface area is 289 Å². The number of rotatable bonds is 30. The fraction of sp³-hybridized carbons (Fsp3) is 0.692. The van der Waals surface area contributed by atoms with Gasteiger partial charge in [0.25, 0.3) is 0 Å². The number of phosphoric acid groups is 1. The van der Waals surface area contributed by atoms with Gasteiger partial charge in [-0.05, 0) is 0 Å². The predicted octanol–water partition coefficient (Wildman–Crippen LogP) is -3.13. The lowest BCUT2D eigenvalue weighted by molar-refractivity contribution is -0.158. The highest BCUT2D eigenvalue weighted by Gasteiger charge is 2.29. The molecule has 24 nitrogen and oxygen atoms in total. The lowest BCUT2D eigenvalue weighted by atomic mass is 10.2. The molecule has 0 amide bonds. The fourth-order valence-electron chi connectivity index (χ4n) is 3.91. The molecule has 3 atom stereocenters. The van der Waals surface area contributed by atoms with E-state index in [1.54, 1.807) is 0 Å². The topological polar surface area (TPSA) is 340 Å². The smallest absolute Gasteiger partial charge is 0.472 e. The first kappa shape index (κ1) is 46.7. The molecule has 25 heteroatoms. The monoisotopic (exact) mass is 763 g/mol. The molecule has 0 aromatic rings. The summed E-state index contributed by atoms with van der Waals surface area (Å²) < 4.78 is 41.1. The number of carbonyl (C=O) groups excluding carboxylic acids is 3. The van der Waals surface area contributed by atoms with Crippen molar-refractivity contribution in [2.75, 3.05) is 92.0 Å². The zero-order valence-electron chi connectivity index (χ0n) is 27.7. The molecule has 0 aromatic carbocycles. The van der Waals surface area contributed by atoms with Gasteiger partial charge in [-0.3, -0.25) is 57.3 Å². The largest absolute Gasteiger partial charge is 0.480 e. The molecule has 0 bridgehead atoms.